The van der Waals surface area contributed by atoms with Crippen LogP contribution in [0.1, 0.15) is 6.42 Å². The van der Waals surface area contributed by atoms with Gasteiger partial charge >= 0.3 is 12.1 Å². The fourth-order valence-electron chi connectivity index (χ4n) is 0.346. The molecule has 0 aliphatic heterocycles. The summed E-state index contributed by atoms with van der Waals surface area (Å²) < 4.78 is 34.5. The second-order valence-electron chi connectivity index (χ2n) is 1.94. The van der Waals surface area contributed by atoms with Crippen molar-refractivity contribution < 1.29 is 22.8 Å². The molecule has 0 atom stereocenters. The largest absolute Gasteiger partial charge is 0.472 e. The van der Waals surface area contributed by atoms with Crippen molar-refractivity contribution in [2.45, 2.75) is 12.6 Å². The predicted octanol–water partition coefficient (Wildman–Crippen LogP) is 0.481. The van der Waals surface area contributed by atoms with E-state index in [1.54, 1.807) is 5.43 Å². The molecule has 2 N–H and O–H groups in total. The van der Waals surface area contributed by atoms with Crippen LogP contribution < -0.4 is 10.9 Å². The van der Waals surface area contributed by atoms with Gasteiger partial charge in [-0.3, -0.25) is 20.4 Å². The van der Waals surface area contributed by atoms with E-state index in [1.165, 1.54) is 5.43 Å². The molecule has 0 aromatic heterocycles. The topological polar surface area (TPSA) is 58.2 Å². The number of halogens is 4. The van der Waals surface area contributed by atoms with Gasteiger partial charge in [0.1, 0.15) is 0 Å². The molecule has 0 aromatic carbocycles. The van der Waals surface area contributed by atoms with E-state index < -0.39 is 18.0 Å². The second kappa shape index (κ2) is 5.05. The van der Waals surface area contributed by atoms with E-state index in [-0.39, 0.29) is 6.42 Å². The standard InChI is InChI=1S/C5H6BrF3N2O2/c6-2-1-3(12)10-11-4(13)5(7,8)9/h1-2H2,(H,10,12)(H,11,13). The third-order valence-corrected chi connectivity index (χ3v) is 1.29. The van der Waals surface area contributed by atoms with Crippen molar-refractivity contribution >= 4 is 27.7 Å². The Morgan fingerprint density at radius 2 is 1.77 bits per heavy atom. The quantitative estimate of drug-likeness (QED) is 0.562. The molecular weight excluding hydrogens is 257 g/mol. The van der Waals surface area contributed by atoms with Crippen molar-refractivity contribution in [3.63, 3.8) is 0 Å². The average Bonchev–Trinajstić information content (AvgIpc) is 1.99. The summed E-state index contributed by atoms with van der Waals surface area (Å²) in [7, 11) is 0. The number of carbonyl (C=O) groups is 2. The maximum atomic E-state index is 11.5. The van der Waals surface area contributed by atoms with E-state index in [0.717, 1.165) is 0 Å². The molecule has 76 valence electrons. The zero-order valence-electron chi connectivity index (χ0n) is 6.24. The van der Waals surface area contributed by atoms with Crippen molar-refractivity contribution in [1.29, 1.82) is 0 Å². The number of hydrazine groups is 1. The fraction of sp³-hybridized carbons (Fsp3) is 0.600. The molecule has 0 fully saturated rings. The highest BCUT2D eigenvalue weighted by molar-refractivity contribution is 9.09. The molecule has 0 saturated carbocycles. The van der Waals surface area contributed by atoms with Crippen LogP contribution in [0.4, 0.5) is 13.2 Å². The minimum atomic E-state index is -4.98. The Labute approximate surface area is 80.0 Å². The molecule has 4 nitrogen and oxygen atoms in total. The average molecular weight is 263 g/mol. The number of rotatable bonds is 2. The molecule has 13 heavy (non-hydrogen) atoms. The number of amides is 2. The maximum Gasteiger partial charge on any atom is 0.472 e. The Hall–Kier alpha value is -0.790. The van der Waals surface area contributed by atoms with E-state index in [9.17, 15) is 22.8 Å². The first-order valence-electron chi connectivity index (χ1n) is 3.10. The Morgan fingerprint density at radius 3 is 2.15 bits per heavy atom. The molecule has 0 rings (SSSR count). The molecule has 0 unspecified atom stereocenters. The van der Waals surface area contributed by atoms with Crippen LogP contribution in [-0.4, -0.2) is 23.3 Å². The van der Waals surface area contributed by atoms with Crippen molar-refractivity contribution in [2.75, 3.05) is 5.33 Å². The van der Waals surface area contributed by atoms with Crippen LogP contribution >= 0.6 is 15.9 Å². The number of alkyl halides is 4. The molecule has 2 amide bonds. The molecule has 0 spiro atoms. The summed E-state index contributed by atoms with van der Waals surface area (Å²) in [4.78, 5) is 20.7. The van der Waals surface area contributed by atoms with Gasteiger partial charge in [-0.15, -0.1) is 0 Å². The molecule has 0 saturated heterocycles. The zero-order chi connectivity index (χ0) is 10.5. The summed E-state index contributed by atoms with van der Waals surface area (Å²) in [6.45, 7) is 0. The normalized spacial score (nSPS) is 10.8. The van der Waals surface area contributed by atoms with Crippen molar-refractivity contribution in [2.24, 2.45) is 0 Å². The predicted molar refractivity (Wildman–Crippen MR) is 40.8 cm³/mol. The molecule has 0 aliphatic rings. The Kier molecular flexibility index (Phi) is 4.74. The zero-order valence-corrected chi connectivity index (χ0v) is 7.83. The van der Waals surface area contributed by atoms with Gasteiger partial charge in [-0.05, 0) is 0 Å². The third-order valence-electron chi connectivity index (χ3n) is 0.894. The van der Waals surface area contributed by atoms with Gasteiger partial charge in [0.15, 0.2) is 0 Å². The first-order chi connectivity index (χ1) is 5.88. The lowest BCUT2D eigenvalue weighted by atomic mass is 10.5. The van der Waals surface area contributed by atoms with Crippen molar-refractivity contribution in [3.8, 4) is 0 Å². The highest BCUT2D eigenvalue weighted by atomic mass is 79.9. The third kappa shape index (κ3) is 5.45. The van der Waals surface area contributed by atoms with E-state index in [2.05, 4.69) is 15.9 Å². The van der Waals surface area contributed by atoms with Gasteiger partial charge in [0, 0.05) is 11.8 Å². The lowest BCUT2D eigenvalue weighted by Gasteiger charge is -2.08. The van der Waals surface area contributed by atoms with Crippen LogP contribution in [-0.2, 0) is 9.59 Å². The van der Waals surface area contributed by atoms with E-state index >= 15 is 0 Å². The molecule has 0 aliphatic carbocycles. The lowest BCUT2D eigenvalue weighted by molar-refractivity contribution is -0.175. The van der Waals surface area contributed by atoms with Crippen LogP contribution in [0.2, 0.25) is 0 Å². The highest BCUT2D eigenvalue weighted by Gasteiger charge is 2.38. The van der Waals surface area contributed by atoms with E-state index in [0.29, 0.717) is 5.33 Å². The van der Waals surface area contributed by atoms with E-state index in [4.69, 9.17) is 0 Å². The SMILES string of the molecule is O=C(CCBr)NNC(=O)C(F)(F)F. The second-order valence-corrected chi connectivity index (χ2v) is 2.73. The van der Waals surface area contributed by atoms with Gasteiger partial charge in [0.25, 0.3) is 0 Å². The van der Waals surface area contributed by atoms with Gasteiger partial charge in [-0.25, -0.2) is 0 Å². The van der Waals surface area contributed by atoms with Gasteiger partial charge in [-0.1, -0.05) is 15.9 Å². The van der Waals surface area contributed by atoms with Crippen molar-refractivity contribution in [3.05, 3.63) is 0 Å². The number of carbonyl (C=O) groups excluding carboxylic acids is 2. The van der Waals surface area contributed by atoms with Crippen LogP contribution in [0.25, 0.3) is 0 Å². The van der Waals surface area contributed by atoms with Crippen LogP contribution in [0.15, 0.2) is 0 Å². The van der Waals surface area contributed by atoms with Crippen LogP contribution in [0.3, 0.4) is 0 Å². The minimum Gasteiger partial charge on any atom is -0.273 e. The molecule has 8 heteroatoms. The van der Waals surface area contributed by atoms with E-state index in [1.807, 2.05) is 0 Å². The summed E-state index contributed by atoms with van der Waals surface area (Å²) in [6.07, 6.45) is -5.00. The lowest BCUT2D eigenvalue weighted by Crippen LogP contribution is -2.47. The monoisotopic (exact) mass is 262 g/mol. The number of hydrogen-bond acceptors (Lipinski definition) is 2. The minimum absolute atomic E-state index is 0.0157. The summed E-state index contributed by atoms with van der Waals surface area (Å²) in [6, 6.07) is 0. The molecule has 0 bridgehead atoms. The summed E-state index contributed by atoms with van der Waals surface area (Å²) in [5.74, 6) is -2.90. The Bertz CT molecular complexity index is 206. The number of nitrogens with one attached hydrogen (secondary N) is 2. The van der Waals surface area contributed by atoms with Crippen LogP contribution in [0.5, 0.6) is 0 Å². The van der Waals surface area contributed by atoms with Gasteiger partial charge < -0.3 is 0 Å². The summed E-state index contributed by atoms with van der Waals surface area (Å²) >= 11 is 2.90. The number of hydrogen-bond donors (Lipinski definition) is 2. The Morgan fingerprint density at radius 1 is 1.23 bits per heavy atom. The molecular formula is C5H6BrF3N2O2. The molecule has 0 radical (unpaired) electrons. The first-order valence-corrected chi connectivity index (χ1v) is 4.22. The van der Waals surface area contributed by atoms with Crippen LogP contribution in [0, 0.1) is 0 Å². The van der Waals surface area contributed by atoms with Gasteiger partial charge in [-0.2, -0.15) is 13.2 Å². The van der Waals surface area contributed by atoms with Gasteiger partial charge in [0.2, 0.25) is 5.91 Å². The maximum absolute atomic E-state index is 11.5. The summed E-state index contributed by atoms with van der Waals surface area (Å²) in [5, 5.41) is 0.306. The molecule has 0 heterocycles. The first kappa shape index (κ1) is 12.2. The fourth-order valence-corrected chi connectivity index (χ4v) is 0.706. The highest BCUT2D eigenvalue weighted by Crippen LogP contribution is 2.13. The smallest absolute Gasteiger partial charge is 0.273 e. The molecule has 0 aromatic rings. The summed E-state index contributed by atoms with van der Waals surface area (Å²) in [5.41, 5.74) is 2.82. The van der Waals surface area contributed by atoms with Crippen molar-refractivity contribution in [1.82, 2.24) is 10.9 Å². The Balaban J connectivity index is 3.77. The van der Waals surface area contributed by atoms with Gasteiger partial charge in [0.05, 0.1) is 0 Å².